The van der Waals surface area contributed by atoms with Crippen LogP contribution in [-0.2, 0) is 22.6 Å². The number of hydrogen-bond acceptors (Lipinski definition) is 4. The summed E-state index contributed by atoms with van der Waals surface area (Å²) in [4.78, 5) is 41.7. The highest BCUT2D eigenvalue weighted by Gasteiger charge is 2.32. The molecule has 1 atom stereocenters. The zero-order valence-electron chi connectivity index (χ0n) is 21.9. The Morgan fingerprint density at radius 1 is 0.842 bits per heavy atom. The maximum Gasteiger partial charge on any atom is 0.251 e. The Morgan fingerprint density at radius 2 is 1.55 bits per heavy atom. The van der Waals surface area contributed by atoms with Crippen molar-refractivity contribution >= 4 is 23.4 Å². The first-order valence-electron chi connectivity index (χ1n) is 13.2. The summed E-state index contributed by atoms with van der Waals surface area (Å²) < 4.78 is 0. The first-order chi connectivity index (χ1) is 18.3. The normalized spacial score (nSPS) is 20.1. The summed E-state index contributed by atoms with van der Waals surface area (Å²) in [5.41, 5.74) is 4.83. The molecule has 0 unspecified atom stereocenters. The molecule has 7 heteroatoms. The van der Waals surface area contributed by atoms with Crippen molar-refractivity contribution < 1.29 is 14.4 Å². The van der Waals surface area contributed by atoms with Crippen LogP contribution in [0.2, 0.25) is 0 Å². The number of benzene rings is 3. The minimum atomic E-state index is -0.599. The SMILES string of the molecule is CC1(C)CC(=O)N[C@@H]2CCc3ccccc3N(Cc3ccc(cc3)-c3ccccc3C(=O)NCCN1)C2=O. The molecule has 3 aliphatic heterocycles. The molecule has 0 radical (unpaired) electrons. The van der Waals surface area contributed by atoms with Gasteiger partial charge in [0.25, 0.3) is 5.91 Å². The van der Waals surface area contributed by atoms with E-state index >= 15 is 0 Å². The first-order valence-corrected chi connectivity index (χ1v) is 13.2. The summed E-state index contributed by atoms with van der Waals surface area (Å²) >= 11 is 0. The summed E-state index contributed by atoms with van der Waals surface area (Å²) in [6, 6.07) is 22.9. The number of para-hydroxylation sites is 1. The molecule has 0 fully saturated rings. The molecule has 3 aromatic carbocycles. The number of rotatable bonds is 0. The van der Waals surface area contributed by atoms with Crippen LogP contribution in [0.15, 0.2) is 72.8 Å². The van der Waals surface area contributed by atoms with Crippen molar-refractivity contribution in [2.45, 2.75) is 51.2 Å². The van der Waals surface area contributed by atoms with Crippen LogP contribution in [0, 0.1) is 0 Å². The zero-order valence-corrected chi connectivity index (χ0v) is 21.9. The molecule has 0 saturated carbocycles. The smallest absolute Gasteiger partial charge is 0.251 e. The van der Waals surface area contributed by atoms with Gasteiger partial charge in [-0.1, -0.05) is 60.7 Å². The Morgan fingerprint density at radius 3 is 2.34 bits per heavy atom. The average Bonchev–Trinajstić information content (AvgIpc) is 3.03. The van der Waals surface area contributed by atoms with E-state index in [0.717, 1.165) is 27.9 Å². The Kier molecular flexibility index (Phi) is 7.29. The lowest BCUT2D eigenvalue weighted by Gasteiger charge is -2.29. The summed E-state index contributed by atoms with van der Waals surface area (Å²) in [5, 5.41) is 9.37. The van der Waals surface area contributed by atoms with Crippen LogP contribution < -0.4 is 20.9 Å². The van der Waals surface area contributed by atoms with Gasteiger partial charge in [0.1, 0.15) is 6.04 Å². The number of fused-ring (bicyclic) bond motifs is 11. The second kappa shape index (κ2) is 10.8. The fourth-order valence-electron chi connectivity index (χ4n) is 5.30. The van der Waals surface area contributed by atoms with Crippen LogP contribution in [0.3, 0.4) is 0 Å². The van der Waals surface area contributed by atoms with Gasteiger partial charge in [-0.15, -0.1) is 0 Å². The minimum Gasteiger partial charge on any atom is -0.351 e. The van der Waals surface area contributed by atoms with Gasteiger partial charge in [0.15, 0.2) is 0 Å². The Bertz CT molecular complexity index is 1350. The number of amides is 3. The molecule has 3 aromatic rings. The fraction of sp³-hybridized carbons (Fsp3) is 0.323. The number of aryl methyl sites for hydroxylation is 1. The van der Waals surface area contributed by atoms with Crippen molar-refractivity contribution in [3.8, 4) is 11.1 Å². The van der Waals surface area contributed by atoms with Gasteiger partial charge in [-0.05, 0) is 61.1 Å². The second-order valence-electron chi connectivity index (χ2n) is 10.7. The van der Waals surface area contributed by atoms with Crippen LogP contribution in [-0.4, -0.2) is 42.4 Å². The van der Waals surface area contributed by atoms with Gasteiger partial charge in [-0.2, -0.15) is 0 Å². The van der Waals surface area contributed by atoms with E-state index in [1.54, 1.807) is 4.90 Å². The lowest BCUT2D eigenvalue weighted by atomic mass is 9.98. The number of nitrogens with one attached hydrogen (secondary N) is 3. The highest BCUT2D eigenvalue weighted by atomic mass is 16.2. The van der Waals surface area contributed by atoms with E-state index in [1.165, 1.54) is 0 Å². The molecule has 3 amide bonds. The van der Waals surface area contributed by atoms with Crippen LogP contribution in [0.25, 0.3) is 11.1 Å². The highest BCUT2D eigenvalue weighted by molar-refractivity contribution is 6.01. The van der Waals surface area contributed by atoms with E-state index < -0.39 is 11.6 Å². The molecule has 7 nitrogen and oxygen atoms in total. The van der Waals surface area contributed by atoms with Gasteiger partial charge >= 0.3 is 0 Å². The monoisotopic (exact) mass is 510 g/mol. The van der Waals surface area contributed by atoms with Crippen LogP contribution in [0.5, 0.6) is 0 Å². The topological polar surface area (TPSA) is 90.5 Å². The van der Waals surface area contributed by atoms with E-state index in [2.05, 4.69) is 22.0 Å². The fourth-order valence-corrected chi connectivity index (χ4v) is 5.30. The van der Waals surface area contributed by atoms with Crippen molar-refractivity contribution in [2.75, 3.05) is 18.0 Å². The van der Waals surface area contributed by atoms with Crippen molar-refractivity contribution in [2.24, 2.45) is 0 Å². The molecule has 0 aromatic heterocycles. The van der Waals surface area contributed by atoms with E-state index in [0.29, 0.717) is 38.0 Å². The Labute approximate surface area is 223 Å². The third kappa shape index (κ3) is 5.63. The average molecular weight is 511 g/mol. The van der Waals surface area contributed by atoms with Gasteiger partial charge in [-0.3, -0.25) is 14.4 Å². The molecule has 0 spiro atoms. The quantitative estimate of drug-likeness (QED) is 0.429. The number of anilines is 1. The Balaban J connectivity index is 1.53. The lowest BCUT2D eigenvalue weighted by Crippen LogP contribution is -2.51. The van der Waals surface area contributed by atoms with Crippen LogP contribution >= 0.6 is 0 Å². The molecule has 196 valence electrons. The van der Waals surface area contributed by atoms with Gasteiger partial charge in [0, 0.05) is 36.3 Å². The minimum absolute atomic E-state index is 0.101. The third-order valence-electron chi connectivity index (χ3n) is 7.28. The molecule has 3 aliphatic rings. The summed E-state index contributed by atoms with van der Waals surface area (Å²) in [5.74, 6) is -0.415. The molecule has 0 aliphatic carbocycles. The summed E-state index contributed by atoms with van der Waals surface area (Å²) in [6.45, 7) is 5.22. The molecule has 3 heterocycles. The van der Waals surface area contributed by atoms with Crippen LogP contribution in [0.4, 0.5) is 5.69 Å². The van der Waals surface area contributed by atoms with Crippen molar-refractivity contribution in [1.82, 2.24) is 16.0 Å². The number of carbonyl (C=O) groups excluding carboxylic acids is 3. The predicted molar refractivity (Wildman–Crippen MR) is 149 cm³/mol. The van der Waals surface area contributed by atoms with E-state index in [4.69, 9.17) is 0 Å². The Hall–Kier alpha value is -3.97. The molecule has 38 heavy (non-hydrogen) atoms. The molecule has 0 saturated heterocycles. The highest BCUT2D eigenvalue weighted by Crippen LogP contribution is 2.30. The van der Waals surface area contributed by atoms with Gasteiger partial charge in [0.2, 0.25) is 11.8 Å². The van der Waals surface area contributed by atoms with Gasteiger partial charge < -0.3 is 20.9 Å². The van der Waals surface area contributed by atoms with Crippen molar-refractivity contribution in [3.05, 3.63) is 89.5 Å². The first kappa shape index (κ1) is 25.7. The van der Waals surface area contributed by atoms with E-state index in [9.17, 15) is 14.4 Å². The van der Waals surface area contributed by atoms with Gasteiger partial charge in [-0.25, -0.2) is 0 Å². The molecular formula is C31H34N4O3. The maximum atomic E-state index is 13.8. The molecule has 4 bridgehead atoms. The predicted octanol–water partition coefficient (Wildman–Crippen LogP) is 3.82. The van der Waals surface area contributed by atoms with Crippen molar-refractivity contribution in [3.63, 3.8) is 0 Å². The maximum absolute atomic E-state index is 13.8. The number of hydrogen-bond donors (Lipinski definition) is 3. The number of carbonyl (C=O) groups is 3. The van der Waals surface area contributed by atoms with Crippen molar-refractivity contribution in [1.29, 1.82) is 0 Å². The lowest BCUT2D eigenvalue weighted by molar-refractivity contribution is -0.128. The molecular weight excluding hydrogens is 476 g/mol. The zero-order chi connectivity index (χ0) is 26.7. The number of nitrogens with zero attached hydrogens (tertiary/aromatic N) is 1. The van der Waals surface area contributed by atoms with Gasteiger partial charge in [0.05, 0.1) is 6.54 Å². The standard InChI is InChI=1S/C31H34N4O3/c1-31(2)19-28(36)34-26-16-15-23-7-3-6-10-27(23)35(30(26)38)20-21-11-13-22(14-12-21)24-8-4-5-9-25(24)29(37)32-17-18-33-31/h3-14,26,33H,15-20H2,1-2H3,(H,32,37)(H,34,36)/t26-/m1/s1. The van der Waals surface area contributed by atoms with Crippen LogP contribution in [0.1, 0.15) is 48.2 Å². The summed E-state index contributed by atoms with van der Waals surface area (Å²) in [6.07, 6.45) is 1.47. The van der Waals surface area contributed by atoms with E-state index in [-0.39, 0.29) is 24.1 Å². The summed E-state index contributed by atoms with van der Waals surface area (Å²) in [7, 11) is 0. The second-order valence-corrected chi connectivity index (χ2v) is 10.7. The largest absolute Gasteiger partial charge is 0.351 e. The third-order valence-corrected chi connectivity index (χ3v) is 7.28. The van der Waals surface area contributed by atoms with E-state index in [1.807, 2.05) is 80.6 Å². The molecule has 6 rings (SSSR count). The molecule has 3 N–H and O–H groups in total.